The van der Waals surface area contributed by atoms with Crippen LogP contribution >= 0.6 is 0 Å². The molecule has 0 aromatic carbocycles. The van der Waals surface area contributed by atoms with Crippen LogP contribution in [-0.4, -0.2) is 28.9 Å². The van der Waals surface area contributed by atoms with Crippen molar-refractivity contribution < 1.29 is 19.7 Å². The predicted molar refractivity (Wildman–Crippen MR) is 54.9 cm³/mol. The van der Waals surface area contributed by atoms with Gasteiger partial charge in [0, 0.05) is 5.57 Å². The number of hydrogen-bond acceptors (Lipinski definition) is 4. The van der Waals surface area contributed by atoms with Crippen LogP contribution in [0.5, 0.6) is 0 Å². The minimum absolute atomic E-state index is 0.287. The molecule has 15 heavy (non-hydrogen) atoms. The Labute approximate surface area is 88.9 Å². The monoisotopic (exact) mass is 212 g/mol. The summed E-state index contributed by atoms with van der Waals surface area (Å²) in [7, 11) is 0. The second-order valence-corrected chi connectivity index (χ2v) is 3.49. The van der Waals surface area contributed by atoms with E-state index in [1.807, 2.05) is 6.92 Å². The zero-order valence-corrected chi connectivity index (χ0v) is 8.77. The second kappa shape index (κ2) is 5.68. The van der Waals surface area contributed by atoms with Gasteiger partial charge in [-0.2, -0.15) is 0 Å². The molecular weight excluding hydrogens is 196 g/mol. The number of carbonyl (C=O) groups excluding carboxylic acids is 1. The first kappa shape index (κ1) is 11.9. The van der Waals surface area contributed by atoms with Gasteiger partial charge in [-0.05, 0) is 25.0 Å². The molecular formula is C11H16O4. The molecule has 0 aliphatic carbocycles. The Kier molecular flexibility index (Phi) is 4.52. The lowest BCUT2D eigenvalue weighted by Gasteiger charge is -2.02. The molecule has 0 aromatic heterocycles. The SMILES string of the molecule is CCCC1=C/C(=C/C[C@H](O)CO)OC1=O. The number of hydrogen-bond donors (Lipinski definition) is 2. The highest BCUT2D eigenvalue weighted by molar-refractivity contribution is 5.92. The van der Waals surface area contributed by atoms with E-state index in [0.29, 0.717) is 17.8 Å². The smallest absolute Gasteiger partial charge is 0.339 e. The van der Waals surface area contributed by atoms with Gasteiger partial charge in [0.15, 0.2) is 0 Å². The maximum absolute atomic E-state index is 11.2. The molecule has 0 saturated carbocycles. The zero-order chi connectivity index (χ0) is 11.3. The zero-order valence-electron chi connectivity index (χ0n) is 8.77. The summed E-state index contributed by atoms with van der Waals surface area (Å²) in [6, 6.07) is 0. The highest BCUT2D eigenvalue weighted by Gasteiger charge is 2.19. The fourth-order valence-electron chi connectivity index (χ4n) is 1.30. The Morgan fingerprint density at radius 2 is 2.33 bits per heavy atom. The Morgan fingerprint density at radius 3 is 2.93 bits per heavy atom. The van der Waals surface area contributed by atoms with E-state index < -0.39 is 6.10 Å². The van der Waals surface area contributed by atoms with Gasteiger partial charge in [-0.25, -0.2) is 4.79 Å². The molecule has 1 rings (SSSR count). The predicted octanol–water partition coefficient (Wildman–Crippen LogP) is 0.897. The van der Waals surface area contributed by atoms with Crippen LogP contribution in [0.4, 0.5) is 0 Å². The number of rotatable bonds is 5. The first-order valence-corrected chi connectivity index (χ1v) is 5.09. The molecule has 1 aliphatic heterocycles. The van der Waals surface area contributed by atoms with E-state index in [4.69, 9.17) is 14.9 Å². The van der Waals surface area contributed by atoms with Crippen LogP contribution in [0.2, 0.25) is 0 Å². The number of aliphatic hydroxyl groups is 2. The van der Waals surface area contributed by atoms with E-state index in [1.54, 1.807) is 12.2 Å². The molecule has 0 spiro atoms. The molecule has 0 bridgehead atoms. The molecule has 1 heterocycles. The second-order valence-electron chi connectivity index (χ2n) is 3.49. The molecule has 0 saturated heterocycles. The van der Waals surface area contributed by atoms with Crippen molar-refractivity contribution in [3.63, 3.8) is 0 Å². The van der Waals surface area contributed by atoms with Gasteiger partial charge in [0.2, 0.25) is 0 Å². The normalized spacial score (nSPS) is 20.3. The Bertz CT molecular complexity index is 291. The van der Waals surface area contributed by atoms with E-state index in [0.717, 1.165) is 6.42 Å². The summed E-state index contributed by atoms with van der Waals surface area (Å²) < 4.78 is 4.96. The molecule has 1 aliphatic rings. The minimum atomic E-state index is -0.792. The largest absolute Gasteiger partial charge is 0.424 e. The summed E-state index contributed by atoms with van der Waals surface area (Å²) in [6.07, 6.45) is 4.40. The summed E-state index contributed by atoms with van der Waals surface area (Å²) >= 11 is 0. The van der Waals surface area contributed by atoms with Crippen molar-refractivity contribution >= 4 is 5.97 Å². The topological polar surface area (TPSA) is 66.8 Å². The van der Waals surface area contributed by atoms with Crippen molar-refractivity contribution in [3.05, 3.63) is 23.5 Å². The van der Waals surface area contributed by atoms with Crippen LogP contribution in [0.15, 0.2) is 23.5 Å². The molecule has 84 valence electrons. The van der Waals surface area contributed by atoms with Gasteiger partial charge in [0.1, 0.15) is 5.76 Å². The van der Waals surface area contributed by atoms with Gasteiger partial charge < -0.3 is 14.9 Å². The highest BCUT2D eigenvalue weighted by Crippen LogP contribution is 2.21. The molecule has 1 atom stereocenters. The van der Waals surface area contributed by atoms with Gasteiger partial charge >= 0.3 is 5.97 Å². The lowest BCUT2D eigenvalue weighted by Crippen LogP contribution is -2.10. The van der Waals surface area contributed by atoms with E-state index in [9.17, 15) is 4.79 Å². The van der Waals surface area contributed by atoms with Gasteiger partial charge in [-0.3, -0.25) is 0 Å². The lowest BCUT2D eigenvalue weighted by atomic mass is 10.1. The molecule has 0 aromatic rings. The fraction of sp³-hybridized carbons (Fsp3) is 0.545. The van der Waals surface area contributed by atoms with Gasteiger partial charge in [0.25, 0.3) is 0 Å². The molecule has 4 nitrogen and oxygen atoms in total. The van der Waals surface area contributed by atoms with Crippen molar-refractivity contribution in [1.82, 2.24) is 0 Å². The number of carbonyl (C=O) groups is 1. The Balaban J connectivity index is 2.55. The first-order valence-electron chi connectivity index (χ1n) is 5.09. The highest BCUT2D eigenvalue weighted by atomic mass is 16.5. The van der Waals surface area contributed by atoms with E-state index in [2.05, 4.69) is 0 Å². The number of cyclic esters (lactones) is 1. The Hall–Kier alpha value is -1.13. The summed E-state index contributed by atoms with van der Waals surface area (Å²) in [5.41, 5.74) is 0.669. The first-order chi connectivity index (χ1) is 7.17. The molecule has 0 unspecified atom stereocenters. The molecule has 2 N–H and O–H groups in total. The maximum Gasteiger partial charge on any atom is 0.339 e. The van der Waals surface area contributed by atoms with Crippen LogP contribution in [-0.2, 0) is 9.53 Å². The molecule has 0 fully saturated rings. The van der Waals surface area contributed by atoms with Crippen molar-refractivity contribution in [2.75, 3.05) is 6.61 Å². The van der Waals surface area contributed by atoms with Crippen molar-refractivity contribution in [2.24, 2.45) is 0 Å². The van der Waals surface area contributed by atoms with Crippen molar-refractivity contribution in [3.8, 4) is 0 Å². The summed E-state index contributed by atoms with van der Waals surface area (Å²) in [5, 5.41) is 17.7. The van der Waals surface area contributed by atoms with Crippen LogP contribution < -0.4 is 0 Å². The molecule has 0 radical (unpaired) electrons. The number of aliphatic hydroxyl groups excluding tert-OH is 2. The maximum atomic E-state index is 11.2. The van der Waals surface area contributed by atoms with Crippen LogP contribution in [0, 0.1) is 0 Å². The third-order valence-electron chi connectivity index (χ3n) is 2.11. The van der Waals surface area contributed by atoms with Crippen molar-refractivity contribution in [2.45, 2.75) is 32.3 Å². The third-order valence-corrected chi connectivity index (χ3v) is 2.11. The fourth-order valence-corrected chi connectivity index (χ4v) is 1.30. The quantitative estimate of drug-likeness (QED) is 0.664. The summed E-state index contributed by atoms with van der Waals surface area (Å²) in [5.74, 6) is 0.164. The van der Waals surface area contributed by atoms with Crippen molar-refractivity contribution in [1.29, 1.82) is 0 Å². The average molecular weight is 212 g/mol. The standard InChI is InChI=1S/C11H16O4/c1-2-3-8-6-10(15-11(8)14)5-4-9(13)7-12/h5-6,9,12-13H,2-4,7H2,1H3/b10-5-/t9-/m0/s1. The number of allylic oxidation sites excluding steroid dienone is 1. The lowest BCUT2D eigenvalue weighted by molar-refractivity contribution is -0.133. The minimum Gasteiger partial charge on any atom is -0.424 e. The third kappa shape index (κ3) is 3.49. The number of ether oxygens (including phenoxy) is 1. The van der Waals surface area contributed by atoms with Gasteiger partial charge in [-0.15, -0.1) is 0 Å². The molecule has 0 amide bonds. The van der Waals surface area contributed by atoms with Gasteiger partial charge in [-0.1, -0.05) is 13.3 Å². The summed E-state index contributed by atoms with van der Waals surface area (Å²) in [4.78, 5) is 11.2. The van der Waals surface area contributed by atoms with E-state index in [1.165, 1.54) is 0 Å². The van der Waals surface area contributed by atoms with E-state index in [-0.39, 0.29) is 19.0 Å². The molecule has 4 heteroatoms. The summed E-state index contributed by atoms with van der Waals surface area (Å²) in [6.45, 7) is 1.70. The number of esters is 1. The van der Waals surface area contributed by atoms with Crippen LogP contribution in [0.3, 0.4) is 0 Å². The average Bonchev–Trinajstić information content (AvgIpc) is 2.57. The van der Waals surface area contributed by atoms with Crippen LogP contribution in [0.25, 0.3) is 0 Å². The van der Waals surface area contributed by atoms with Gasteiger partial charge in [0.05, 0.1) is 12.7 Å². The van der Waals surface area contributed by atoms with E-state index >= 15 is 0 Å². The Morgan fingerprint density at radius 1 is 1.60 bits per heavy atom. The van der Waals surface area contributed by atoms with Crippen LogP contribution in [0.1, 0.15) is 26.2 Å².